The molecule has 47 heavy (non-hydrogen) atoms. The van der Waals surface area contributed by atoms with Crippen molar-refractivity contribution >= 4 is 21.8 Å². The van der Waals surface area contributed by atoms with Crippen molar-refractivity contribution in [2.45, 2.75) is 47.0 Å². The van der Waals surface area contributed by atoms with Crippen LogP contribution in [0.15, 0.2) is 91.1 Å². The number of ether oxygens (including phenoxy) is 2. The molecule has 0 saturated carbocycles. The molecule has 0 radical (unpaired) electrons. The van der Waals surface area contributed by atoms with E-state index in [1.807, 2.05) is 35.1 Å². The number of nitrogens with zero attached hydrogens (tertiary/aromatic N) is 4. The van der Waals surface area contributed by atoms with E-state index in [9.17, 15) is 0 Å². The summed E-state index contributed by atoms with van der Waals surface area (Å²) in [6.45, 7) is 12.8. The first-order chi connectivity index (χ1) is 22.1. The van der Waals surface area contributed by atoms with Crippen LogP contribution < -0.4 is 9.47 Å². The standard InChI is InChI=1S/C40H36N4O2.Pt/c1-25-17-18-41-38(19-25)43-36-16-14-31(45-7)23-35(36)34-15-13-32(24-37(34)43)46-33-21-29(40(4,5)6)20-30(22-33)44-27(3)39(26(2)42-44)28-11-9-8-10-12-28;/h8-21,23H,1-7H3;/q-2;+2. The Morgan fingerprint density at radius 1 is 0.787 bits per heavy atom. The van der Waals surface area contributed by atoms with Gasteiger partial charge >= 0.3 is 21.1 Å². The van der Waals surface area contributed by atoms with Crippen molar-refractivity contribution < 1.29 is 30.5 Å². The topological polar surface area (TPSA) is 54.1 Å². The van der Waals surface area contributed by atoms with Crippen molar-refractivity contribution in [1.82, 2.24) is 19.3 Å². The van der Waals surface area contributed by atoms with Gasteiger partial charge in [0.2, 0.25) is 0 Å². The Kier molecular flexibility index (Phi) is 8.58. The van der Waals surface area contributed by atoms with Gasteiger partial charge in [-0.05, 0) is 78.7 Å². The number of fused-ring (bicyclic) bond motifs is 3. The van der Waals surface area contributed by atoms with Gasteiger partial charge in [0.05, 0.1) is 12.8 Å². The van der Waals surface area contributed by atoms with E-state index in [-0.39, 0.29) is 26.5 Å². The summed E-state index contributed by atoms with van der Waals surface area (Å²) in [5, 5.41) is 7.06. The molecule has 7 rings (SSSR count). The number of pyridine rings is 1. The fraction of sp³-hybridized carbons (Fsp3) is 0.200. The molecule has 0 aliphatic carbocycles. The number of hydrogen-bond donors (Lipinski definition) is 0. The molecule has 0 fully saturated rings. The summed E-state index contributed by atoms with van der Waals surface area (Å²) in [5.41, 5.74) is 9.13. The quantitative estimate of drug-likeness (QED) is 0.157. The Labute approximate surface area is 290 Å². The summed E-state index contributed by atoms with van der Waals surface area (Å²) in [4.78, 5) is 4.72. The van der Waals surface area contributed by atoms with E-state index in [4.69, 9.17) is 19.6 Å². The average molecular weight is 800 g/mol. The van der Waals surface area contributed by atoms with E-state index in [0.717, 1.165) is 72.7 Å². The smallest absolute Gasteiger partial charge is 0.509 e. The maximum atomic E-state index is 6.59. The molecular formula is C40H36N4O2Pt. The van der Waals surface area contributed by atoms with E-state index < -0.39 is 0 Å². The molecule has 0 unspecified atom stereocenters. The molecule has 0 amide bonds. The number of methoxy groups -OCH3 is 1. The van der Waals surface area contributed by atoms with Gasteiger partial charge in [0, 0.05) is 34.5 Å². The Morgan fingerprint density at radius 2 is 1.57 bits per heavy atom. The summed E-state index contributed by atoms with van der Waals surface area (Å²) in [7, 11) is 1.69. The summed E-state index contributed by atoms with van der Waals surface area (Å²) < 4.78 is 16.3. The predicted molar refractivity (Wildman–Crippen MR) is 185 cm³/mol. The van der Waals surface area contributed by atoms with E-state index in [1.165, 1.54) is 0 Å². The SMILES string of the molecule is COc1ccc2c(c1)c1ccc(Oc3[c-]c(-n4nc(C)c(-c5ccccc5)c4C)cc(C(C)(C)C)c3)[c-]c1n2-c1cc(C)ccn1.[Pt+2]. The van der Waals surface area contributed by atoms with Crippen LogP contribution in [0.2, 0.25) is 0 Å². The Hall–Kier alpha value is -4.67. The van der Waals surface area contributed by atoms with Gasteiger partial charge in [-0.25, -0.2) is 4.98 Å². The minimum atomic E-state index is -0.129. The summed E-state index contributed by atoms with van der Waals surface area (Å²) in [6.07, 6.45) is 1.84. The molecule has 3 aromatic heterocycles. The predicted octanol–water partition coefficient (Wildman–Crippen LogP) is 9.65. The molecular weight excluding hydrogens is 764 g/mol. The van der Waals surface area contributed by atoms with Gasteiger partial charge in [-0.1, -0.05) is 56.6 Å². The van der Waals surface area contributed by atoms with Crippen molar-refractivity contribution in [2.75, 3.05) is 7.11 Å². The van der Waals surface area contributed by atoms with Crippen LogP contribution in [0, 0.1) is 32.9 Å². The van der Waals surface area contributed by atoms with Crippen LogP contribution >= 0.6 is 0 Å². The van der Waals surface area contributed by atoms with Gasteiger partial charge in [-0.3, -0.25) is 4.68 Å². The van der Waals surface area contributed by atoms with Gasteiger partial charge in [-0.2, -0.15) is 11.2 Å². The zero-order valence-corrected chi connectivity index (χ0v) is 29.9. The number of aryl methyl sites for hydroxylation is 2. The Balaban J connectivity index is 0.00000386. The number of hydrogen-bond acceptors (Lipinski definition) is 4. The Bertz CT molecular complexity index is 2240. The molecule has 0 aliphatic rings. The van der Waals surface area contributed by atoms with Gasteiger partial charge < -0.3 is 14.0 Å². The van der Waals surface area contributed by atoms with Gasteiger partial charge in [0.1, 0.15) is 11.6 Å². The molecule has 7 heteroatoms. The first-order valence-electron chi connectivity index (χ1n) is 15.5. The maximum Gasteiger partial charge on any atom is 2.00 e. The third-order valence-electron chi connectivity index (χ3n) is 8.48. The van der Waals surface area contributed by atoms with Crippen LogP contribution in [-0.2, 0) is 26.5 Å². The Morgan fingerprint density at radius 3 is 2.30 bits per heavy atom. The van der Waals surface area contributed by atoms with E-state index in [2.05, 4.69) is 119 Å². The van der Waals surface area contributed by atoms with E-state index >= 15 is 0 Å². The third kappa shape index (κ3) is 5.99. The van der Waals surface area contributed by atoms with Crippen molar-refractivity contribution in [2.24, 2.45) is 0 Å². The van der Waals surface area contributed by atoms with Gasteiger partial charge in [0.25, 0.3) is 0 Å². The minimum Gasteiger partial charge on any atom is -0.509 e. The molecule has 0 N–H and O–H groups in total. The molecule has 0 spiro atoms. The molecule has 6 nitrogen and oxygen atoms in total. The molecule has 7 aromatic rings. The fourth-order valence-electron chi connectivity index (χ4n) is 6.12. The van der Waals surface area contributed by atoms with E-state index in [0.29, 0.717) is 11.5 Å². The summed E-state index contributed by atoms with van der Waals surface area (Å²) in [5.74, 6) is 2.80. The van der Waals surface area contributed by atoms with Crippen molar-refractivity contribution in [3.63, 3.8) is 0 Å². The molecule has 238 valence electrons. The van der Waals surface area contributed by atoms with Crippen molar-refractivity contribution in [3.05, 3.63) is 126 Å². The monoisotopic (exact) mass is 799 g/mol. The maximum absolute atomic E-state index is 6.59. The number of aromatic nitrogens is 4. The number of rotatable bonds is 6. The number of benzene rings is 4. The van der Waals surface area contributed by atoms with Crippen LogP contribution in [0.4, 0.5) is 0 Å². The van der Waals surface area contributed by atoms with E-state index in [1.54, 1.807) is 7.11 Å². The van der Waals surface area contributed by atoms with Crippen LogP contribution in [-0.4, -0.2) is 26.4 Å². The van der Waals surface area contributed by atoms with Crippen molar-refractivity contribution in [1.29, 1.82) is 0 Å². The second-order valence-electron chi connectivity index (χ2n) is 12.8. The summed E-state index contributed by atoms with van der Waals surface area (Å²) in [6, 6.07) is 35.9. The molecule has 0 aliphatic heterocycles. The third-order valence-corrected chi connectivity index (χ3v) is 8.48. The zero-order valence-electron chi connectivity index (χ0n) is 27.6. The van der Waals surface area contributed by atoms with Crippen molar-refractivity contribution in [3.8, 4) is 39.9 Å². The van der Waals surface area contributed by atoms with Crippen LogP contribution in [0.25, 0.3) is 44.4 Å². The molecule has 3 heterocycles. The summed E-state index contributed by atoms with van der Waals surface area (Å²) >= 11 is 0. The molecule has 4 aromatic carbocycles. The zero-order chi connectivity index (χ0) is 32.2. The minimum absolute atomic E-state index is 0. The van der Waals surface area contributed by atoms with Crippen LogP contribution in [0.3, 0.4) is 0 Å². The first kappa shape index (κ1) is 32.3. The largest absolute Gasteiger partial charge is 2.00 e. The second-order valence-corrected chi connectivity index (χ2v) is 12.8. The normalized spacial score (nSPS) is 11.6. The van der Waals surface area contributed by atoms with Gasteiger partial charge in [0.15, 0.2) is 0 Å². The van der Waals surface area contributed by atoms with Crippen LogP contribution in [0.5, 0.6) is 17.2 Å². The second kappa shape index (κ2) is 12.5. The molecule has 0 atom stereocenters. The van der Waals surface area contributed by atoms with Crippen LogP contribution in [0.1, 0.15) is 43.3 Å². The first-order valence-corrected chi connectivity index (χ1v) is 15.5. The molecule has 0 bridgehead atoms. The molecule has 0 saturated heterocycles. The van der Waals surface area contributed by atoms with Gasteiger partial charge in [-0.15, -0.1) is 41.3 Å². The fourth-order valence-corrected chi connectivity index (χ4v) is 6.12. The average Bonchev–Trinajstić information content (AvgIpc) is 3.52.